The van der Waals surface area contributed by atoms with E-state index in [1.807, 2.05) is 13.8 Å². The van der Waals surface area contributed by atoms with Crippen LogP contribution in [0.5, 0.6) is 0 Å². The van der Waals surface area contributed by atoms with E-state index in [-0.39, 0.29) is 11.2 Å². The Hall–Kier alpha value is -0.170. The number of rotatable bonds is 3. The number of hydrogen-bond donors (Lipinski definition) is 1. The van der Waals surface area contributed by atoms with Gasteiger partial charge >= 0.3 is 0 Å². The van der Waals surface area contributed by atoms with Crippen molar-refractivity contribution in [1.29, 1.82) is 0 Å². The predicted molar refractivity (Wildman–Crippen MR) is 40.9 cm³/mol. The molecule has 9 heavy (non-hydrogen) atoms. The maximum absolute atomic E-state index is 8.77. The molecule has 0 amide bonds. The fourth-order valence-electron chi connectivity index (χ4n) is 0.600. The van der Waals surface area contributed by atoms with Gasteiger partial charge in [-0.1, -0.05) is 20.4 Å². The quantitative estimate of drug-likeness (QED) is 0.482. The summed E-state index contributed by atoms with van der Waals surface area (Å²) in [4.78, 5) is 0. The molecule has 0 aromatic carbocycles. The van der Waals surface area contributed by atoms with Gasteiger partial charge in [-0.3, -0.25) is 0 Å². The van der Waals surface area contributed by atoms with Gasteiger partial charge in [-0.25, -0.2) is 0 Å². The molecule has 1 nitrogen and oxygen atoms in total. The van der Waals surface area contributed by atoms with E-state index in [1.165, 1.54) is 0 Å². The maximum atomic E-state index is 8.77. The average molecular weight is 149 g/mol. The first-order chi connectivity index (χ1) is 3.98. The molecule has 0 aliphatic rings. The third kappa shape index (κ3) is 4.34. The molecule has 0 aliphatic carbocycles. The van der Waals surface area contributed by atoms with Crippen molar-refractivity contribution in [2.75, 3.05) is 5.88 Å². The molecule has 0 heterocycles. The van der Waals surface area contributed by atoms with Gasteiger partial charge in [0.2, 0.25) is 0 Å². The van der Waals surface area contributed by atoms with Gasteiger partial charge in [0.1, 0.15) is 0 Å². The molecule has 0 fully saturated rings. The third-order valence-electron chi connectivity index (χ3n) is 1.04. The van der Waals surface area contributed by atoms with Crippen molar-refractivity contribution in [2.45, 2.75) is 20.3 Å². The first kappa shape index (κ1) is 8.83. The van der Waals surface area contributed by atoms with E-state index in [9.17, 15) is 0 Å². The first-order valence-electron chi connectivity index (χ1n) is 2.91. The van der Waals surface area contributed by atoms with Gasteiger partial charge in [0.25, 0.3) is 0 Å². The number of halogens is 1. The summed E-state index contributed by atoms with van der Waals surface area (Å²) < 4.78 is 0. The van der Waals surface area contributed by atoms with Crippen LogP contribution in [0.1, 0.15) is 20.3 Å². The fourth-order valence-corrected chi connectivity index (χ4v) is 0.694. The summed E-state index contributed by atoms with van der Waals surface area (Å²) in [5, 5.41) is 8.77. The lowest BCUT2D eigenvalue weighted by atomic mass is 9.91. The van der Waals surface area contributed by atoms with Gasteiger partial charge < -0.3 is 5.11 Å². The van der Waals surface area contributed by atoms with Crippen LogP contribution in [0.25, 0.3) is 0 Å². The highest BCUT2D eigenvalue weighted by Crippen LogP contribution is 2.24. The molecule has 0 spiro atoms. The minimum Gasteiger partial charge on any atom is -0.513 e. The molecule has 0 aromatic rings. The van der Waals surface area contributed by atoms with E-state index in [1.54, 1.807) is 0 Å². The molecule has 0 aromatic heterocycles. The van der Waals surface area contributed by atoms with Crippen LogP contribution >= 0.6 is 11.6 Å². The number of allylic oxidation sites excluding steroid dienone is 1. The van der Waals surface area contributed by atoms with Crippen LogP contribution < -0.4 is 0 Å². The second-order valence-corrected chi connectivity index (χ2v) is 3.31. The highest BCUT2D eigenvalue weighted by molar-refractivity contribution is 6.18. The third-order valence-corrected chi connectivity index (χ3v) is 1.77. The molecule has 0 rings (SSSR count). The van der Waals surface area contributed by atoms with E-state index in [2.05, 4.69) is 6.58 Å². The first-order valence-corrected chi connectivity index (χ1v) is 3.44. The lowest BCUT2D eigenvalue weighted by Crippen LogP contribution is -2.13. The van der Waals surface area contributed by atoms with Crippen molar-refractivity contribution in [1.82, 2.24) is 0 Å². The Morgan fingerprint density at radius 2 is 2.11 bits per heavy atom. The van der Waals surface area contributed by atoms with Gasteiger partial charge in [0.15, 0.2) is 0 Å². The zero-order chi connectivity index (χ0) is 7.49. The minimum absolute atomic E-state index is 0.0204. The summed E-state index contributed by atoms with van der Waals surface area (Å²) in [5.74, 6) is 0.757. The Bertz CT molecular complexity index is 107. The van der Waals surface area contributed by atoms with Gasteiger partial charge in [0, 0.05) is 12.3 Å². The Labute approximate surface area is 61.3 Å². The molecule has 1 N–H and O–H groups in total. The van der Waals surface area contributed by atoms with Gasteiger partial charge in [-0.2, -0.15) is 0 Å². The van der Waals surface area contributed by atoms with Crippen molar-refractivity contribution < 1.29 is 5.11 Å². The Morgan fingerprint density at radius 1 is 1.67 bits per heavy atom. The molecule has 0 saturated carbocycles. The molecule has 0 aliphatic heterocycles. The average Bonchev–Trinajstić information content (AvgIpc) is 1.63. The van der Waals surface area contributed by atoms with Crippen molar-refractivity contribution in [3.63, 3.8) is 0 Å². The van der Waals surface area contributed by atoms with E-state index in [0.717, 1.165) is 0 Å². The van der Waals surface area contributed by atoms with Crippen LogP contribution in [0.15, 0.2) is 12.3 Å². The number of aliphatic hydroxyl groups is 1. The molecule has 0 radical (unpaired) electrons. The molecule has 0 bridgehead atoms. The minimum atomic E-state index is -0.0204. The number of hydrogen-bond acceptors (Lipinski definition) is 1. The molecule has 0 unspecified atom stereocenters. The molecule has 54 valence electrons. The zero-order valence-electron chi connectivity index (χ0n) is 5.95. The Balaban J connectivity index is 3.71. The lowest BCUT2D eigenvalue weighted by Gasteiger charge is -2.19. The van der Waals surface area contributed by atoms with Crippen LogP contribution in [0.2, 0.25) is 0 Å². The standard InChI is InChI=1S/C7H13ClO/c1-6(9)4-7(2,3)5-8/h9H,1,4-5H2,2-3H3. The monoisotopic (exact) mass is 148 g/mol. The molecular weight excluding hydrogens is 136 g/mol. The second-order valence-electron chi connectivity index (χ2n) is 3.04. The summed E-state index contributed by atoms with van der Waals surface area (Å²) >= 11 is 5.59. The predicted octanol–water partition coefficient (Wildman–Crippen LogP) is 2.71. The van der Waals surface area contributed by atoms with E-state index in [0.29, 0.717) is 12.3 Å². The van der Waals surface area contributed by atoms with Gasteiger partial charge in [0.05, 0.1) is 5.76 Å². The summed E-state index contributed by atoms with van der Waals surface area (Å²) in [6.07, 6.45) is 0.580. The number of alkyl halides is 1. The maximum Gasteiger partial charge on any atom is 0.0856 e. The van der Waals surface area contributed by atoms with Crippen LogP contribution in [-0.2, 0) is 0 Å². The zero-order valence-corrected chi connectivity index (χ0v) is 6.70. The topological polar surface area (TPSA) is 20.2 Å². The van der Waals surface area contributed by atoms with Crippen LogP contribution in [0.4, 0.5) is 0 Å². The van der Waals surface area contributed by atoms with E-state index in [4.69, 9.17) is 16.7 Å². The highest BCUT2D eigenvalue weighted by Gasteiger charge is 2.16. The van der Waals surface area contributed by atoms with Crippen LogP contribution in [0, 0.1) is 5.41 Å². The molecule has 0 saturated heterocycles. The fraction of sp³-hybridized carbons (Fsp3) is 0.714. The summed E-state index contributed by atoms with van der Waals surface area (Å²) in [6, 6.07) is 0. The Kier molecular flexibility index (Phi) is 3.06. The molecular formula is C7H13ClO. The van der Waals surface area contributed by atoms with Crippen LogP contribution in [0.3, 0.4) is 0 Å². The summed E-state index contributed by atoms with van der Waals surface area (Å²) in [7, 11) is 0. The normalized spacial score (nSPS) is 11.4. The van der Waals surface area contributed by atoms with Gasteiger partial charge in [-0.05, 0) is 5.41 Å². The SMILES string of the molecule is C=C(O)CC(C)(C)CCl. The van der Waals surface area contributed by atoms with Crippen molar-refractivity contribution in [3.05, 3.63) is 12.3 Å². The summed E-state index contributed by atoms with van der Waals surface area (Å²) in [5.41, 5.74) is -0.0204. The molecule has 2 heteroatoms. The van der Waals surface area contributed by atoms with E-state index < -0.39 is 0 Å². The van der Waals surface area contributed by atoms with Crippen molar-refractivity contribution in [2.24, 2.45) is 5.41 Å². The molecule has 0 atom stereocenters. The summed E-state index contributed by atoms with van der Waals surface area (Å²) in [6.45, 7) is 7.36. The highest BCUT2D eigenvalue weighted by atomic mass is 35.5. The van der Waals surface area contributed by atoms with Crippen molar-refractivity contribution in [3.8, 4) is 0 Å². The number of aliphatic hydroxyl groups excluding tert-OH is 1. The van der Waals surface area contributed by atoms with E-state index >= 15 is 0 Å². The largest absolute Gasteiger partial charge is 0.513 e. The lowest BCUT2D eigenvalue weighted by molar-refractivity contribution is 0.309. The Morgan fingerprint density at radius 3 is 2.22 bits per heavy atom. The second kappa shape index (κ2) is 3.11. The van der Waals surface area contributed by atoms with Crippen molar-refractivity contribution >= 4 is 11.6 Å². The smallest absolute Gasteiger partial charge is 0.0856 e. The van der Waals surface area contributed by atoms with Gasteiger partial charge in [-0.15, -0.1) is 11.6 Å². The van der Waals surface area contributed by atoms with Crippen LogP contribution in [-0.4, -0.2) is 11.0 Å².